The van der Waals surface area contributed by atoms with Crippen molar-refractivity contribution in [2.24, 2.45) is 0 Å². The molecule has 208 valence electrons. The monoisotopic (exact) mass is 544 g/mol. The summed E-state index contributed by atoms with van der Waals surface area (Å²) in [6, 6.07) is 19.3. The molecule has 0 aliphatic carbocycles. The van der Waals surface area contributed by atoms with Crippen LogP contribution in [0.25, 0.3) is 0 Å². The molecule has 3 rings (SSSR count). The van der Waals surface area contributed by atoms with Gasteiger partial charge in [0.15, 0.2) is 6.10 Å². The third-order valence-corrected chi connectivity index (χ3v) is 8.95. The van der Waals surface area contributed by atoms with Gasteiger partial charge in [0.05, 0.1) is 19.3 Å². The van der Waals surface area contributed by atoms with Gasteiger partial charge in [0, 0.05) is 12.8 Å². The molecule has 3 unspecified atom stereocenters. The second kappa shape index (κ2) is 13.2. The summed E-state index contributed by atoms with van der Waals surface area (Å²) in [5.41, 5.74) is 1.34. The molecule has 1 fully saturated rings. The van der Waals surface area contributed by atoms with Gasteiger partial charge in [0.25, 0.3) is 0 Å². The van der Waals surface area contributed by atoms with Crippen LogP contribution in [0.5, 0.6) is 0 Å². The van der Waals surface area contributed by atoms with Gasteiger partial charge >= 0.3 is 19.6 Å². The summed E-state index contributed by atoms with van der Waals surface area (Å²) >= 11 is 0. The number of likely N-dealkylation sites (tertiary alicyclic amines) is 1. The maximum absolute atomic E-state index is 14.0. The van der Waals surface area contributed by atoms with E-state index in [4.69, 9.17) is 13.8 Å². The average Bonchev–Trinajstić information content (AvgIpc) is 3.27. The standard InChI is InChI=1S/C30H43NO6P/c1-24-15-14-21-31(24,29(33)36-30(3,4)5)28(32)25(2)37-38(34,35-23-27-19-10-7-11-20-27)22-13-12-18-26-16-8-6-9-17-26/h6-11,16-17,19-20,24-25H,12-15,18,21-23H2,1-5H3/q+1/t24-,25?,31?,38?/m1/s1. The molecular weight excluding hydrogens is 501 g/mol. The third kappa shape index (κ3) is 8.09. The number of ether oxygens (including phenoxy) is 1. The molecule has 38 heavy (non-hydrogen) atoms. The lowest BCUT2D eigenvalue weighted by Gasteiger charge is -2.36. The molecule has 4 atom stereocenters. The van der Waals surface area contributed by atoms with Crippen LogP contribution in [0.15, 0.2) is 60.7 Å². The summed E-state index contributed by atoms with van der Waals surface area (Å²) in [5.74, 6) is -0.433. The largest absolute Gasteiger partial charge is 0.524 e. The van der Waals surface area contributed by atoms with E-state index in [0.29, 0.717) is 13.0 Å². The SMILES string of the molecule is CC(OP(=O)(CCCCc1ccccc1)OCc1ccccc1)C(=O)[N+]1(C(=O)OC(C)(C)C)CCC[C@H]1C. The number of carbonyl (C=O) groups excluding carboxylic acids is 2. The van der Waals surface area contributed by atoms with Crippen molar-refractivity contribution in [3.05, 3.63) is 71.8 Å². The molecule has 1 heterocycles. The van der Waals surface area contributed by atoms with Crippen molar-refractivity contribution in [3.8, 4) is 0 Å². The van der Waals surface area contributed by atoms with Crippen LogP contribution in [0, 0.1) is 0 Å². The second-order valence-corrected chi connectivity index (χ2v) is 13.3. The Morgan fingerprint density at radius 2 is 1.61 bits per heavy atom. The van der Waals surface area contributed by atoms with Crippen LogP contribution in [0.1, 0.15) is 71.4 Å². The van der Waals surface area contributed by atoms with Crippen LogP contribution in [0.4, 0.5) is 4.79 Å². The predicted octanol–water partition coefficient (Wildman–Crippen LogP) is 7.29. The second-order valence-electron chi connectivity index (χ2n) is 11.2. The molecule has 1 aliphatic heterocycles. The lowest BCUT2D eigenvalue weighted by molar-refractivity contribution is -0.795. The fraction of sp³-hybridized carbons (Fsp3) is 0.533. The Morgan fingerprint density at radius 1 is 1.00 bits per heavy atom. The average molecular weight is 545 g/mol. The van der Waals surface area contributed by atoms with E-state index >= 15 is 0 Å². The third-order valence-electron chi connectivity index (χ3n) is 6.93. The van der Waals surface area contributed by atoms with Crippen molar-refractivity contribution in [3.63, 3.8) is 0 Å². The number of aryl methyl sites for hydroxylation is 1. The smallest absolute Gasteiger partial charge is 0.414 e. The highest BCUT2D eigenvalue weighted by molar-refractivity contribution is 7.53. The molecular formula is C30H43NO6P+. The van der Waals surface area contributed by atoms with Gasteiger partial charge in [0.2, 0.25) is 0 Å². The molecule has 7 nitrogen and oxygen atoms in total. The Bertz CT molecular complexity index is 1100. The van der Waals surface area contributed by atoms with Gasteiger partial charge in [-0.05, 0) is 65.0 Å². The van der Waals surface area contributed by atoms with E-state index in [1.807, 2.05) is 55.5 Å². The molecule has 8 heteroatoms. The number of benzene rings is 2. The Kier molecular flexibility index (Phi) is 10.5. The number of carbonyl (C=O) groups is 2. The van der Waals surface area contributed by atoms with Crippen LogP contribution in [0.2, 0.25) is 0 Å². The number of imide groups is 1. The van der Waals surface area contributed by atoms with Gasteiger partial charge in [-0.25, -0.2) is 4.79 Å². The van der Waals surface area contributed by atoms with E-state index in [0.717, 1.165) is 31.2 Å². The van der Waals surface area contributed by atoms with Crippen LogP contribution >= 0.6 is 7.60 Å². The zero-order chi connectivity index (χ0) is 27.8. The first-order valence-corrected chi connectivity index (χ1v) is 15.3. The topological polar surface area (TPSA) is 78.9 Å². The molecule has 2 aromatic carbocycles. The van der Waals surface area contributed by atoms with Crippen molar-refractivity contribution >= 4 is 19.6 Å². The molecule has 2 amide bonds. The fourth-order valence-electron chi connectivity index (χ4n) is 4.89. The zero-order valence-electron chi connectivity index (χ0n) is 23.4. The van der Waals surface area contributed by atoms with E-state index in [9.17, 15) is 14.2 Å². The Balaban J connectivity index is 1.74. The minimum Gasteiger partial charge on any atom is -0.414 e. The lowest BCUT2D eigenvalue weighted by atomic mass is 10.1. The summed E-state index contributed by atoms with van der Waals surface area (Å²) in [6.07, 6.45) is 2.23. The van der Waals surface area contributed by atoms with Crippen LogP contribution in [-0.4, -0.2) is 46.9 Å². The molecule has 2 aromatic rings. The van der Waals surface area contributed by atoms with Gasteiger partial charge in [-0.2, -0.15) is 9.28 Å². The number of quaternary nitrogens is 1. The molecule has 0 saturated carbocycles. The van der Waals surface area contributed by atoms with Gasteiger partial charge in [-0.1, -0.05) is 60.7 Å². The van der Waals surface area contributed by atoms with E-state index in [1.165, 1.54) is 5.56 Å². The number of amides is 2. The van der Waals surface area contributed by atoms with Crippen molar-refractivity contribution in [1.29, 1.82) is 0 Å². The molecule has 1 saturated heterocycles. The number of hydrogen-bond acceptors (Lipinski definition) is 6. The minimum atomic E-state index is -3.66. The van der Waals surface area contributed by atoms with E-state index < -0.39 is 35.8 Å². The van der Waals surface area contributed by atoms with E-state index in [-0.39, 0.29) is 18.8 Å². The lowest BCUT2D eigenvalue weighted by Crippen LogP contribution is -2.63. The van der Waals surface area contributed by atoms with Gasteiger partial charge in [-0.15, -0.1) is 0 Å². The van der Waals surface area contributed by atoms with Crippen LogP contribution in [0.3, 0.4) is 0 Å². The molecule has 1 aliphatic rings. The molecule has 0 spiro atoms. The zero-order valence-corrected chi connectivity index (χ0v) is 24.3. The van der Waals surface area contributed by atoms with Crippen LogP contribution in [-0.2, 0) is 36.2 Å². The van der Waals surface area contributed by atoms with E-state index in [1.54, 1.807) is 27.7 Å². The normalized spacial score (nSPS) is 22.0. The number of unbranched alkanes of at least 4 members (excludes halogenated alkanes) is 1. The summed E-state index contributed by atoms with van der Waals surface area (Å²) in [5, 5.41) is 0. The maximum Gasteiger partial charge on any atom is 0.524 e. The Hall–Kier alpha value is -2.31. The summed E-state index contributed by atoms with van der Waals surface area (Å²) in [4.78, 5) is 27.2. The minimum absolute atomic E-state index is 0.111. The summed E-state index contributed by atoms with van der Waals surface area (Å²) < 4.78 is 31.1. The quantitative estimate of drug-likeness (QED) is 0.168. The van der Waals surface area contributed by atoms with Gasteiger partial charge in [-0.3, -0.25) is 9.09 Å². The number of hydrogen-bond donors (Lipinski definition) is 0. The van der Waals surface area contributed by atoms with Crippen molar-refractivity contribution in [1.82, 2.24) is 0 Å². The molecule has 0 bridgehead atoms. The molecule has 0 aromatic heterocycles. The van der Waals surface area contributed by atoms with Gasteiger partial charge in [0.1, 0.15) is 11.6 Å². The van der Waals surface area contributed by atoms with Crippen molar-refractivity contribution in [2.75, 3.05) is 12.7 Å². The van der Waals surface area contributed by atoms with Gasteiger partial charge < -0.3 is 9.26 Å². The Morgan fingerprint density at radius 3 is 2.16 bits per heavy atom. The number of nitrogens with zero attached hydrogens (tertiary/aromatic N) is 1. The predicted molar refractivity (Wildman–Crippen MR) is 149 cm³/mol. The van der Waals surface area contributed by atoms with Crippen molar-refractivity contribution in [2.45, 2.75) is 91.1 Å². The first-order valence-electron chi connectivity index (χ1n) is 13.6. The fourth-order valence-corrected chi connectivity index (χ4v) is 6.72. The highest BCUT2D eigenvalue weighted by Crippen LogP contribution is 2.51. The maximum atomic E-state index is 14.0. The first kappa shape index (κ1) is 30.2. The van der Waals surface area contributed by atoms with Crippen LogP contribution < -0.4 is 0 Å². The van der Waals surface area contributed by atoms with E-state index in [2.05, 4.69) is 12.1 Å². The van der Waals surface area contributed by atoms with Crippen molar-refractivity contribution < 1.29 is 32.4 Å². The highest BCUT2D eigenvalue weighted by atomic mass is 31.2. The molecule has 0 radical (unpaired) electrons. The summed E-state index contributed by atoms with van der Waals surface area (Å²) in [7, 11) is -3.66. The summed E-state index contributed by atoms with van der Waals surface area (Å²) in [6.45, 7) is 9.26. The first-order chi connectivity index (χ1) is 18.0. The molecule has 0 N–H and O–H groups in total. The highest BCUT2D eigenvalue weighted by Gasteiger charge is 2.57. The Labute approximate surface area is 227 Å². The number of rotatable bonds is 11.